The van der Waals surface area contributed by atoms with E-state index in [1.165, 1.54) is 24.3 Å². The Morgan fingerprint density at radius 1 is 1.00 bits per heavy atom. The van der Waals surface area contributed by atoms with Gasteiger partial charge in [0.05, 0.1) is 11.5 Å². The molecule has 162 valence electrons. The highest BCUT2D eigenvalue weighted by atomic mass is 16.7. The predicted octanol–water partition coefficient (Wildman–Crippen LogP) is 5.57. The first-order valence-electron chi connectivity index (χ1n) is 10.2. The molecule has 0 aromatic heterocycles. The molecule has 0 saturated heterocycles. The van der Waals surface area contributed by atoms with E-state index in [9.17, 15) is 19.7 Å². The molecule has 1 rings (SSSR count). The second kappa shape index (κ2) is 14.4. The summed E-state index contributed by atoms with van der Waals surface area (Å²) >= 11 is 0. The summed E-state index contributed by atoms with van der Waals surface area (Å²) in [5, 5.41) is 10.7. The summed E-state index contributed by atoms with van der Waals surface area (Å²) in [7, 11) is 0. The van der Waals surface area contributed by atoms with Gasteiger partial charge in [-0.3, -0.25) is 14.9 Å². The van der Waals surface area contributed by atoms with Gasteiger partial charge in [0.2, 0.25) is 0 Å². The zero-order valence-electron chi connectivity index (χ0n) is 17.3. The van der Waals surface area contributed by atoms with Crippen molar-refractivity contribution in [3.8, 4) is 5.75 Å². The zero-order valence-corrected chi connectivity index (χ0v) is 17.3. The molecule has 1 aromatic rings. The quantitative estimate of drug-likeness (QED) is 0.130. The fourth-order valence-corrected chi connectivity index (χ4v) is 2.63. The topological polar surface area (TPSA) is 105 Å². The van der Waals surface area contributed by atoms with Crippen LogP contribution in [0.5, 0.6) is 5.75 Å². The van der Waals surface area contributed by atoms with Gasteiger partial charge < -0.3 is 14.2 Å². The predicted molar refractivity (Wildman–Crippen MR) is 108 cm³/mol. The van der Waals surface area contributed by atoms with Crippen molar-refractivity contribution < 1.29 is 28.7 Å². The molecular weight excluding hydrogens is 378 g/mol. The molecule has 29 heavy (non-hydrogen) atoms. The Balaban J connectivity index is 2.53. The number of carbonyl (C=O) groups excluding carboxylic acids is 2. The maximum Gasteiger partial charge on any atom is 0.514 e. The van der Waals surface area contributed by atoms with Crippen molar-refractivity contribution in [2.45, 2.75) is 77.7 Å². The highest BCUT2D eigenvalue weighted by molar-refractivity contribution is 5.69. The number of hydrogen-bond donors (Lipinski definition) is 0. The van der Waals surface area contributed by atoms with E-state index in [0.29, 0.717) is 19.4 Å². The SMILES string of the molecule is CCCCCC[C@H](CCC(=O)OCCCC)OC(=O)Oc1ccc([N+](=O)[O-])cc1. The number of nitro groups is 1. The molecule has 1 atom stereocenters. The molecule has 0 aliphatic carbocycles. The lowest BCUT2D eigenvalue weighted by Gasteiger charge is -2.17. The number of benzene rings is 1. The van der Waals surface area contributed by atoms with Crippen LogP contribution >= 0.6 is 0 Å². The highest BCUT2D eigenvalue weighted by Crippen LogP contribution is 2.19. The van der Waals surface area contributed by atoms with Crippen molar-refractivity contribution in [1.29, 1.82) is 0 Å². The van der Waals surface area contributed by atoms with Crippen LogP contribution in [-0.4, -0.2) is 29.8 Å². The van der Waals surface area contributed by atoms with Crippen molar-refractivity contribution in [3.05, 3.63) is 34.4 Å². The number of rotatable bonds is 14. The van der Waals surface area contributed by atoms with Crippen LogP contribution in [0, 0.1) is 10.1 Å². The van der Waals surface area contributed by atoms with Crippen molar-refractivity contribution in [2.75, 3.05) is 6.61 Å². The normalized spacial score (nSPS) is 11.5. The summed E-state index contributed by atoms with van der Waals surface area (Å²) in [6.07, 6.45) is 5.71. The van der Waals surface area contributed by atoms with E-state index in [-0.39, 0.29) is 23.8 Å². The standard InChI is InChI=1S/C21H31NO7/c1-3-5-7-8-9-18(14-15-20(23)27-16-6-4-2)28-21(24)29-19-12-10-17(11-13-19)22(25)26/h10-13,18H,3-9,14-16H2,1-2H3/t18-/m1/s1. The van der Waals surface area contributed by atoms with Gasteiger partial charge in [0.25, 0.3) is 5.69 Å². The van der Waals surface area contributed by atoms with E-state index in [4.69, 9.17) is 14.2 Å². The third-order valence-electron chi connectivity index (χ3n) is 4.32. The molecule has 8 nitrogen and oxygen atoms in total. The lowest BCUT2D eigenvalue weighted by molar-refractivity contribution is -0.384. The van der Waals surface area contributed by atoms with Gasteiger partial charge in [0, 0.05) is 18.6 Å². The van der Waals surface area contributed by atoms with Gasteiger partial charge in [-0.15, -0.1) is 0 Å². The van der Waals surface area contributed by atoms with E-state index in [0.717, 1.165) is 38.5 Å². The number of hydrogen-bond acceptors (Lipinski definition) is 7. The second-order valence-corrected chi connectivity index (χ2v) is 6.80. The van der Waals surface area contributed by atoms with Gasteiger partial charge in [-0.25, -0.2) is 4.79 Å². The average Bonchev–Trinajstić information content (AvgIpc) is 2.69. The van der Waals surface area contributed by atoms with E-state index < -0.39 is 17.2 Å². The van der Waals surface area contributed by atoms with Crippen molar-refractivity contribution >= 4 is 17.8 Å². The van der Waals surface area contributed by atoms with Crippen LogP contribution in [0.2, 0.25) is 0 Å². The monoisotopic (exact) mass is 409 g/mol. The molecule has 0 heterocycles. The van der Waals surface area contributed by atoms with Crippen molar-refractivity contribution in [1.82, 2.24) is 0 Å². The summed E-state index contributed by atoms with van der Waals surface area (Å²) in [6, 6.07) is 5.16. The molecule has 0 unspecified atom stereocenters. The third kappa shape index (κ3) is 11.1. The molecule has 0 spiro atoms. The van der Waals surface area contributed by atoms with Crippen LogP contribution in [0.4, 0.5) is 10.5 Å². The van der Waals surface area contributed by atoms with Gasteiger partial charge in [-0.1, -0.05) is 39.5 Å². The lowest BCUT2D eigenvalue weighted by Crippen LogP contribution is -2.22. The van der Waals surface area contributed by atoms with E-state index >= 15 is 0 Å². The largest absolute Gasteiger partial charge is 0.514 e. The van der Waals surface area contributed by atoms with Gasteiger partial charge in [0.15, 0.2) is 0 Å². The van der Waals surface area contributed by atoms with Crippen LogP contribution < -0.4 is 4.74 Å². The molecule has 0 radical (unpaired) electrons. The van der Waals surface area contributed by atoms with Crippen LogP contribution in [0.3, 0.4) is 0 Å². The first-order chi connectivity index (χ1) is 14.0. The minimum absolute atomic E-state index is 0.0962. The number of carbonyl (C=O) groups is 2. The number of nitrogens with zero attached hydrogens (tertiary/aromatic N) is 1. The second-order valence-electron chi connectivity index (χ2n) is 6.80. The average molecular weight is 409 g/mol. The Morgan fingerprint density at radius 2 is 1.69 bits per heavy atom. The molecule has 0 aliphatic rings. The lowest BCUT2D eigenvalue weighted by atomic mass is 10.1. The molecule has 0 fully saturated rings. The zero-order chi connectivity index (χ0) is 21.5. The smallest absolute Gasteiger partial charge is 0.466 e. The minimum atomic E-state index is -0.890. The fraction of sp³-hybridized carbons (Fsp3) is 0.619. The van der Waals surface area contributed by atoms with E-state index in [1.54, 1.807) is 0 Å². The summed E-state index contributed by atoms with van der Waals surface area (Å²) in [4.78, 5) is 34.0. The molecule has 0 amide bonds. The molecule has 0 N–H and O–H groups in total. The molecule has 0 saturated carbocycles. The first kappa shape index (κ1) is 24.4. The molecule has 0 aliphatic heterocycles. The Kier molecular flexibility index (Phi) is 12.1. The Hall–Kier alpha value is -2.64. The van der Waals surface area contributed by atoms with Crippen molar-refractivity contribution in [2.24, 2.45) is 0 Å². The van der Waals surface area contributed by atoms with Crippen LogP contribution in [0.1, 0.15) is 71.6 Å². The number of non-ortho nitro benzene ring substituents is 1. The van der Waals surface area contributed by atoms with Crippen LogP contribution in [0.15, 0.2) is 24.3 Å². The Labute approximate surface area is 171 Å². The summed E-state index contributed by atoms with van der Waals surface area (Å²) in [6.45, 7) is 4.53. The van der Waals surface area contributed by atoms with Crippen LogP contribution in [-0.2, 0) is 14.3 Å². The Morgan fingerprint density at radius 3 is 2.31 bits per heavy atom. The van der Waals surface area contributed by atoms with E-state index in [2.05, 4.69) is 6.92 Å². The molecular formula is C21H31NO7. The summed E-state index contributed by atoms with van der Waals surface area (Å²) in [5.41, 5.74) is -0.0962. The molecule has 0 bridgehead atoms. The summed E-state index contributed by atoms with van der Waals surface area (Å²) in [5.74, 6) is -0.145. The van der Waals surface area contributed by atoms with Gasteiger partial charge in [-0.05, 0) is 37.8 Å². The van der Waals surface area contributed by atoms with Gasteiger partial charge >= 0.3 is 12.1 Å². The first-order valence-corrected chi connectivity index (χ1v) is 10.2. The maximum atomic E-state index is 12.1. The van der Waals surface area contributed by atoms with Crippen LogP contribution in [0.25, 0.3) is 0 Å². The van der Waals surface area contributed by atoms with Gasteiger partial charge in [-0.2, -0.15) is 0 Å². The highest BCUT2D eigenvalue weighted by Gasteiger charge is 2.18. The number of esters is 1. The maximum absolute atomic E-state index is 12.1. The molecule has 1 aromatic carbocycles. The van der Waals surface area contributed by atoms with E-state index in [1.807, 2.05) is 6.92 Å². The number of nitro benzene ring substituents is 1. The minimum Gasteiger partial charge on any atom is -0.466 e. The third-order valence-corrected chi connectivity index (χ3v) is 4.32. The summed E-state index contributed by atoms with van der Waals surface area (Å²) < 4.78 is 15.6. The van der Waals surface area contributed by atoms with Crippen molar-refractivity contribution in [3.63, 3.8) is 0 Å². The Bertz CT molecular complexity index is 630. The fourth-order valence-electron chi connectivity index (χ4n) is 2.63. The number of unbranched alkanes of at least 4 members (excludes halogenated alkanes) is 4. The number of ether oxygens (including phenoxy) is 3. The molecule has 8 heteroatoms. The van der Waals surface area contributed by atoms with Gasteiger partial charge in [0.1, 0.15) is 11.9 Å².